The maximum Gasteiger partial charge on any atom is 0.223 e. The van der Waals surface area contributed by atoms with Gasteiger partial charge in [0.25, 0.3) is 0 Å². The molecule has 1 fully saturated rings. The van der Waals surface area contributed by atoms with Gasteiger partial charge in [-0.25, -0.2) is 0 Å². The van der Waals surface area contributed by atoms with E-state index in [1.165, 1.54) is 0 Å². The number of ether oxygens (including phenoxy) is 1. The van der Waals surface area contributed by atoms with Crippen LogP contribution in [0.3, 0.4) is 0 Å². The molecule has 2 rings (SSSR count). The van der Waals surface area contributed by atoms with Gasteiger partial charge in [-0.1, -0.05) is 19.1 Å². The topological polar surface area (TPSA) is 55.6 Å². The Bertz CT molecular complexity index is 445. The van der Waals surface area contributed by atoms with Crippen molar-refractivity contribution in [3.05, 3.63) is 29.3 Å². The summed E-state index contributed by atoms with van der Waals surface area (Å²) >= 11 is 0. The van der Waals surface area contributed by atoms with Crippen LogP contribution in [0.5, 0.6) is 5.75 Å². The van der Waals surface area contributed by atoms with E-state index < -0.39 is 0 Å². The molecule has 1 aromatic carbocycles. The quantitative estimate of drug-likeness (QED) is 0.879. The standard InChI is InChI=1S/C14H20N2O2/c1-10-5-14(17)16(8-10)9-11-3-4-12(7-15)13(6-11)18-2/h3-4,6,10H,5,7-9,15H2,1-2H3. The Kier molecular flexibility index (Phi) is 3.87. The maximum absolute atomic E-state index is 11.7. The molecule has 18 heavy (non-hydrogen) atoms. The van der Waals surface area contributed by atoms with Gasteiger partial charge in [0.1, 0.15) is 5.75 Å². The van der Waals surface area contributed by atoms with Crippen molar-refractivity contribution in [2.75, 3.05) is 13.7 Å². The number of benzene rings is 1. The van der Waals surface area contributed by atoms with Crippen LogP contribution in [0.4, 0.5) is 0 Å². The van der Waals surface area contributed by atoms with Crippen molar-refractivity contribution in [3.63, 3.8) is 0 Å². The zero-order chi connectivity index (χ0) is 13.1. The molecule has 2 N–H and O–H groups in total. The Balaban J connectivity index is 2.12. The van der Waals surface area contributed by atoms with Gasteiger partial charge in [-0.05, 0) is 17.5 Å². The number of hydrogen-bond acceptors (Lipinski definition) is 3. The average molecular weight is 248 g/mol. The highest BCUT2D eigenvalue weighted by Crippen LogP contribution is 2.23. The lowest BCUT2D eigenvalue weighted by molar-refractivity contribution is -0.128. The van der Waals surface area contributed by atoms with Crippen molar-refractivity contribution in [3.8, 4) is 5.75 Å². The monoisotopic (exact) mass is 248 g/mol. The van der Waals surface area contributed by atoms with Crippen molar-refractivity contribution < 1.29 is 9.53 Å². The third-order valence-electron chi connectivity index (χ3n) is 3.35. The number of rotatable bonds is 4. The molecule has 0 radical (unpaired) electrons. The summed E-state index contributed by atoms with van der Waals surface area (Å²) < 4.78 is 5.31. The SMILES string of the molecule is COc1cc(CN2CC(C)CC2=O)ccc1CN. The fourth-order valence-electron chi connectivity index (χ4n) is 2.40. The van der Waals surface area contributed by atoms with E-state index in [2.05, 4.69) is 6.92 Å². The largest absolute Gasteiger partial charge is 0.496 e. The van der Waals surface area contributed by atoms with Crippen LogP contribution >= 0.6 is 0 Å². The van der Waals surface area contributed by atoms with Crippen molar-refractivity contribution in [2.45, 2.75) is 26.4 Å². The minimum Gasteiger partial charge on any atom is -0.496 e. The van der Waals surface area contributed by atoms with Crippen molar-refractivity contribution in [1.29, 1.82) is 0 Å². The Morgan fingerprint density at radius 1 is 1.50 bits per heavy atom. The lowest BCUT2D eigenvalue weighted by Gasteiger charge is -2.17. The summed E-state index contributed by atoms with van der Waals surface area (Å²) in [6.45, 7) is 4.07. The molecule has 1 aliphatic rings. The molecule has 98 valence electrons. The van der Waals surface area contributed by atoms with E-state index in [1.54, 1.807) is 7.11 Å². The number of carbonyl (C=O) groups excluding carboxylic acids is 1. The molecule has 4 nitrogen and oxygen atoms in total. The van der Waals surface area contributed by atoms with E-state index in [9.17, 15) is 4.79 Å². The lowest BCUT2D eigenvalue weighted by atomic mass is 10.1. The van der Waals surface area contributed by atoms with E-state index in [1.807, 2.05) is 23.1 Å². The van der Waals surface area contributed by atoms with Gasteiger partial charge >= 0.3 is 0 Å². The molecule has 1 aromatic rings. The fraction of sp³-hybridized carbons (Fsp3) is 0.500. The van der Waals surface area contributed by atoms with E-state index in [-0.39, 0.29) is 5.91 Å². The minimum atomic E-state index is 0.240. The molecule has 4 heteroatoms. The lowest BCUT2D eigenvalue weighted by Crippen LogP contribution is -2.24. The number of hydrogen-bond donors (Lipinski definition) is 1. The molecule has 0 spiro atoms. The first kappa shape index (κ1) is 12.9. The molecular weight excluding hydrogens is 228 g/mol. The van der Waals surface area contributed by atoms with Crippen LogP contribution in [0.25, 0.3) is 0 Å². The van der Waals surface area contributed by atoms with E-state index in [0.717, 1.165) is 23.4 Å². The van der Waals surface area contributed by atoms with Gasteiger partial charge in [-0.2, -0.15) is 0 Å². The van der Waals surface area contributed by atoms with E-state index >= 15 is 0 Å². The molecule has 1 saturated heterocycles. The highest BCUT2D eigenvalue weighted by atomic mass is 16.5. The van der Waals surface area contributed by atoms with E-state index in [0.29, 0.717) is 25.4 Å². The fourth-order valence-corrected chi connectivity index (χ4v) is 2.40. The van der Waals surface area contributed by atoms with Gasteiger partial charge in [-0.3, -0.25) is 4.79 Å². The third-order valence-corrected chi connectivity index (χ3v) is 3.35. The second-order valence-electron chi connectivity index (χ2n) is 4.93. The summed E-state index contributed by atoms with van der Waals surface area (Å²) in [5.41, 5.74) is 7.71. The van der Waals surface area contributed by atoms with Crippen molar-refractivity contribution in [1.82, 2.24) is 4.90 Å². The van der Waals surface area contributed by atoms with Crippen LogP contribution in [0, 0.1) is 5.92 Å². The number of methoxy groups -OCH3 is 1. The summed E-state index contributed by atoms with van der Waals surface area (Å²) in [4.78, 5) is 13.6. The third kappa shape index (κ3) is 2.64. The predicted molar refractivity (Wildman–Crippen MR) is 70.1 cm³/mol. The second kappa shape index (κ2) is 5.40. The van der Waals surface area contributed by atoms with Gasteiger partial charge < -0.3 is 15.4 Å². The molecule has 0 aromatic heterocycles. The van der Waals surface area contributed by atoms with Crippen LogP contribution in [-0.4, -0.2) is 24.5 Å². The van der Waals surface area contributed by atoms with Crippen LogP contribution in [-0.2, 0) is 17.9 Å². The molecule has 0 bridgehead atoms. The normalized spacial score (nSPS) is 19.4. The Hall–Kier alpha value is -1.55. The summed E-state index contributed by atoms with van der Waals surface area (Å²) in [5, 5.41) is 0. The van der Waals surface area contributed by atoms with Gasteiger partial charge in [0, 0.05) is 31.6 Å². The van der Waals surface area contributed by atoms with Gasteiger partial charge in [0.15, 0.2) is 0 Å². The van der Waals surface area contributed by atoms with Gasteiger partial charge in [0.05, 0.1) is 7.11 Å². The highest BCUT2D eigenvalue weighted by Gasteiger charge is 2.26. The Labute approximate surface area is 108 Å². The van der Waals surface area contributed by atoms with Crippen LogP contribution in [0.1, 0.15) is 24.5 Å². The van der Waals surface area contributed by atoms with Crippen LogP contribution in [0.2, 0.25) is 0 Å². The highest BCUT2D eigenvalue weighted by molar-refractivity contribution is 5.78. The minimum absolute atomic E-state index is 0.240. The first-order chi connectivity index (χ1) is 8.63. The van der Waals surface area contributed by atoms with E-state index in [4.69, 9.17) is 10.5 Å². The molecule has 1 aliphatic heterocycles. The number of amides is 1. The van der Waals surface area contributed by atoms with Crippen LogP contribution in [0.15, 0.2) is 18.2 Å². The number of nitrogens with zero attached hydrogens (tertiary/aromatic N) is 1. The Morgan fingerprint density at radius 2 is 2.28 bits per heavy atom. The zero-order valence-corrected chi connectivity index (χ0v) is 11.0. The van der Waals surface area contributed by atoms with Crippen molar-refractivity contribution in [2.24, 2.45) is 11.7 Å². The second-order valence-corrected chi connectivity index (χ2v) is 4.93. The Morgan fingerprint density at radius 3 is 2.83 bits per heavy atom. The van der Waals surface area contributed by atoms with Gasteiger partial charge in [-0.15, -0.1) is 0 Å². The average Bonchev–Trinajstić information content (AvgIpc) is 2.67. The molecule has 1 unspecified atom stereocenters. The number of carbonyl (C=O) groups is 1. The summed E-state index contributed by atoms with van der Waals surface area (Å²) in [6.07, 6.45) is 0.665. The van der Waals surface area contributed by atoms with Crippen LogP contribution < -0.4 is 10.5 Å². The molecular formula is C14H20N2O2. The van der Waals surface area contributed by atoms with Crippen molar-refractivity contribution >= 4 is 5.91 Å². The molecule has 1 amide bonds. The summed E-state index contributed by atoms with van der Waals surface area (Å²) in [7, 11) is 1.64. The molecule has 1 heterocycles. The van der Waals surface area contributed by atoms with Gasteiger partial charge in [0.2, 0.25) is 5.91 Å². The number of likely N-dealkylation sites (tertiary alicyclic amines) is 1. The maximum atomic E-state index is 11.7. The summed E-state index contributed by atoms with van der Waals surface area (Å²) in [5.74, 6) is 1.50. The zero-order valence-electron chi connectivity index (χ0n) is 11.0. The molecule has 0 saturated carbocycles. The molecule has 0 aliphatic carbocycles. The predicted octanol–water partition coefficient (Wildman–Crippen LogP) is 1.52. The smallest absolute Gasteiger partial charge is 0.223 e. The first-order valence-corrected chi connectivity index (χ1v) is 6.27. The first-order valence-electron chi connectivity index (χ1n) is 6.27. The number of nitrogens with two attached hydrogens (primary N) is 1. The molecule has 1 atom stereocenters. The summed E-state index contributed by atoms with van der Waals surface area (Å²) in [6, 6.07) is 5.96.